The van der Waals surface area contributed by atoms with E-state index in [2.05, 4.69) is 12.2 Å². The maximum Gasteiger partial charge on any atom is 0.140 e. The number of carbonyl (C=O) groups excluding carboxylic acids is 1. The lowest BCUT2D eigenvalue weighted by Crippen LogP contribution is -2.39. The fourth-order valence-electron chi connectivity index (χ4n) is 2.45. The van der Waals surface area contributed by atoms with Gasteiger partial charge in [-0.15, -0.1) is 0 Å². The molecular weight excluding hydrogens is 217 g/mol. The van der Waals surface area contributed by atoms with Crippen LogP contribution in [0.5, 0.6) is 0 Å². The molecule has 3 heteroatoms. The van der Waals surface area contributed by atoms with Gasteiger partial charge in [-0.2, -0.15) is 0 Å². The summed E-state index contributed by atoms with van der Waals surface area (Å²) in [7, 11) is 0. The normalized spacial score (nSPS) is 24.6. The van der Waals surface area contributed by atoms with Crippen molar-refractivity contribution >= 4 is 5.78 Å². The van der Waals surface area contributed by atoms with Gasteiger partial charge in [0.15, 0.2) is 0 Å². The summed E-state index contributed by atoms with van der Waals surface area (Å²) in [4.78, 5) is 12.1. The van der Waals surface area contributed by atoms with E-state index in [1.807, 2.05) is 0 Å². The first-order valence-corrected chi connectivity index (χ1v) is 6.15. The van der Waals surface area contributed by atoms with Gasteiger partial charge in [0, 0.05) is 12.3 Å². The Morgan fingerprint density at radius 3 is 2.94 bits per heavy atom. The predicted molar refractivity (Wildman–Crippen MR) is 65.3 cm³/mol. The number of halogens is 1. The Morgan fingerprint density at radius 1 is 1.47 bits per heavy atom. The molecule has 0 aromatic heterocycles. The van der Waals surface area contributed by atoms with Crippen LogP contribution in [0.1, 0.15) is 18.9 Å². The van der Waals surface area contributed by atoms with Crippen LogP contribution in [0.2, 0.25) is 0 Å². The average Bonchev–Trinajstić information content (AvgIpc) is 2.32. The van der Waals surface area contributed by atoms with Crippen LogP contribution in [0.4, 0.5) is 4.39 Å². The van der Waals surface area contributed by atoms with Gasteiger partial charge >= 0.3 is 0 Å². The van der Waals surface area contributed by atoms with Crippen LogP contribution in [-0.2, 0) is 11.2 Å². The number of piperidine rings is 1. The van der Waals surface area contributed by atoms with E-state index < -0.39 is 0 Å². The molecule has 0 aliphatic carbocycles. The van der Waals surface area contributed by atoms with Crippen molar-refractivity contribution in [1.29, 1.82) is 0 Å². The molecule has 0 bridgehead atoms. The minimum Gasteiger partial charge on any atom is -0.316 e. The number of hydrogen-bond donors (Lipinski definition) is 1. The standard InChI is InChI=1S/C14H18FNO/c1-10-9-16-7-6-12(10)14(17)8-11-4-2-3-5-13(11)15/h2-5,10,12,16H,6-9H2,1H3. The fourth-order valence-corrected chi connectivity index (χ4v) is 2.45. The number of nitrogens with one attached hydrogen (secondary N) is 1. The van der Waals surface area contributed by atoms with E-state index in [0.717, 1.165) is 19.5 Å². The first-order chi connectivity index (χ1) is 8.18. The second-order valence-electron chi connectivity index (χ2n) is 4.81. The summed E-state index contributed by atoms with van der Waals surface area (Å²) in [6, 6.07) is 6.53. The van der Waals surface area contributed by atoms with Gasteiger partial charge in [-0.25, -0.2) is 4.39 Å². The van der Waals surface area contributed by atoms with Crippen LogP contribution in [0.25, 0.3) is 0 Å². The van der Waals surface area contributed by atoms with E-state index in [0.29, 0.717) is 11.5 Å². The monoisotopic (exact) mass is 235 g/mol. The molecule has 1 N–H and O–H groups in total. The van der Waals surface area contributed by atoms with Crippen LogP contribution in [0, 0.1) is 17.7 Å². The summed E-state index contributed by atoms with van der Waals surface area (Å²) in [5.74, 6) is 0.324. The highest BCUT2D eigenvalue weighted by molar-refractivity contribution is 5.83. The van der Waals surface area contributed by atoms with Crippen molar-refractivity contribution < 1.29 is 9.18 Å². The average molecular weight is 235 g/mol. The quantitative estimate of drug-likeness (QED) is 0.870. The minimum absolute atomic E-state index is 0.0795. The molecule has 1 aromatic carbocycles. The largest absolute Gasteiger partial charge is 0.316 e. The van der Waals surface area contributed by atoms with Crippen molar-refractivity contribution in [2.24, 2.45) is 11.8 Å². The third-order valence-electron chi connectivity index (χ3n) is 3.52. The molecule has 0 spiro atoms. The number of carbonyl (C=O) groups is 1. The molecule has 2 nitrogen and oxygen atoms in total. The summed E-state index contributed by atoms with van der Waals surface area (Å²) >= 11 is 0. The summed E-state index contributed by atoms with van der Waals surface area (Å²) < 4.78 is 13.4. The van der Waals surface area contributed by atoms with Crippen LogP contribution in [0.15, 0.2) is 24.3 Å². The zero-order valence-electron chi connectivity index (χ0n) is 10.1. The molecule has 1 heterocycles. The highest BCUT2D eigenvalue weighted by Gasteiger charge is 2.27. The topological polar surface area (TPSA) is 29.1 Å². The van der Waals surface area contributed by atoms with E-state index in [4.69, 9.17) is 0 Å². The lowest BCUT2D eigenvalue weighted by atomic mass is 9.82. The Bertz CT molecular complexity index is 405. The van der Waals surface area contributed by atoms with Crippen LogP contribution < -0.4 is 5.32 Å². The molecule has 0 amide bonds. The Labute approximate surface area is 101 Å². The van der Waals surface area contributed by atoms with E-state index in [9.17, 15) is 9.18 Å². The third kappa shape index (κ3) is 2.91. The van der Waals surface area contributed by atoms with Gasteiger partial charge < -0.3 is 5.32 Å². The molecule has 1 fully saturated rings. The van der Waals surface area contributed by atoms with Gasteiger partial charge in [0.2, 0.25) is 0 Å². The lowest BCUT2D eigenvalue weighted by molar-refractivity contribution is -0.124. The van der Waals surface area contributed by atoms with Gasteiger partial charge in [-0.05, 0) is 37.1 Å². The van der Waals surface area contributed by atoms with Crippen molar-refractivity contribution in [2.75, 3.05) is 13.1 Å². The van der Waals surface area contributed by atoms with Gasteiger partial charge in [-0.3, -0.25) is 4.79 Å². The van der Waals surface area contributed by atoms with Crippen molar-refractivity contribution in [1.82, 2.24) is 5.32 Å². The van der Waals surface area contributed by atoms with Crippen molar-refractivity contribution in [3.05, 3.63) is 35.6 Å². The number of benzene rings is 1. The number of ketones is 1. The minimum atomic E-state index is -0.276. The Morgan fingerprint density at radius 2 is 2.24 bits per heavy atom. The molecular formula is C14H18FNO. The van der Waals surface area contributed by atoms with E-state index >= 15 is 0 Å². The summed E-state index contributed by atoms with van der Waals surface area (Å²) in [6.45, 7) is 3.85. The van der Waals surface area contributed by atoms with Crippen LogP contribution in [0.3, 0.4) is 0 Å². The summed E-state index contributed by atoms with van der Waals surface area (Å²) in [6.07, 6.45) is 1.09. The molecule has 92 valence electrons. The third-order valence-corrected chi connectivity index (χ3v) is 3.52. The fraction of sp³-hybridized carbons (Fsp3) is 0.500. The summed E-state index contributed by atoms with van der Waals surface area (Å²) in [5.41, 5.74) is 0.517. The molecule has 0 radical (unpaired) electrons. The van der Waals surface area contributed by atoms with Crippen molar-refractivity contribution in [3.63, 3.8) is 0 Å². The van der Waals surface area contributed by atoms with Crippen molar-refractivity contribution in [3.8, 4) is 0 Å². The smallest absolute Gasteiger partial charge is 0.140 e. The molecule has 2 atom stereocenters. The van der Waals surface area contributed by atoms with Gasteiger partial charge in [0.05, 0.1) is 0 Å². The van der Waals surface area contributed by atoms with Crippen molar-refractivity contribution in [2.45, 2.75) is 19.8 Å². The second-order valence-corrected chi connectivity index (χ2v) is 4.81. The molecule has 17 heavy (non-hydrogen) atoms. The first-order valence-electron chi connectivity index (χ1n) is 6.15. The highest BCUT2D eigenvalue weighted by atomic mass is 19.1. The first kappa shape index (κ1) is 12.2. The lowest BCUT2D eigenvalue weighted by Gasteiger charge is -2.28. The number of hydrogen-bond acceptors (Lipinski definition) is 2. The molecule has 2 rings (SSSR count). The number of Topliss-reactive ketones (excluding diaryl/α,β-unsaturated/α-hetero) is 1. The van der Waals surface area contributed by atoms with Crippen LogP contribution in [-0.4, -0.2) is 18.9 Å². The predicted octanol–water partition coefficient (Wildman–Crippen LogP) is 2.18. The van der Waals surface area contributed by atoms with Gasteiger partial charge in [0.1, 0.15) is 11.6 Å². The van der Waals surface area contributed by atoms with Gasteiger partial charge in [0.25, 0.3) is 0 Å². The number of rotatable bonds is 3. The SMILES string of the molecule is CC1CNCCC1C(=O)Cc1ccccc1F. The van der Waals surface area contributed by atoms with E-state index in [1.54, 1.807) is 18.2 Å². The molecule has 1 aliphatic heterocycles. The second kappa shape index (κ2) is 5.41. The van der Waals surface area contributed by atoms with Gasteiger partial charge in [-0.1, -0.05) is 25.1 Å². The maximum atomic E-state index is 13.4. The zero-order chi connectivity index (χ0) is 12.3. The Balaban J connectivity index is 2.03. The molecule has 1 aliphatic rings. The van der Waals surface area contributed by atoms with E-state index in [1.165, 1.54) is 6.07 Å². The zero-order valence-corrected chi connectivity index (χ0v) is 10.1. The summed E-state index contributed by atoms with van der Waals surface area (Å²) in [5, 5.41) is 3.27. The molecule has 0 saturated carbocycles. The maximum absolute atomic E-state index is 13.4. The Hall–Kier alpha value is -1.22. The Kier molecular flexibility index (Phi) is 3.89. The molecule has 1 saturated heterocycles. The molecule has 2 unspecified atom stereocenters. The van der Waals surface area contributed by atoms with Crippen LogP contribution >= 0.6 is 0 Å². The van der Waals surface area contributed by atoms with E-state index in [-0.39, 0.29) is 23.9 Å². The highest BCUT2D eigenvalue weighted by Crippen LogP contribution is 2.22. The molecule has 1 aromatic rings.